The molecule has 37 heavy (non-hydrogen) atoms. The van der Waals surface area contributed by atoms with Crippen LogP contribution in [0.25, 0.3) is 0 Å². The van der Waals surface area contributed by atoms with Crippen LogP contribution in [0, 0.1) is 0 Å². The molecular formula is C23H50N6O6Si2. The van der Waals surface area contributed by atoms with Gasteiger partial charge in [0.05, 0.1) is 0 Å². The van der Waals surface area contributed by atoms with Crippen molar-refractivity contribution in [3.8, 4) is 0 Å². The Morgan fingerprint density at radius 1 is 0.730 bits per heavy atom. The maximum Gasteiger partial charge on any atom is 0.500 e. The van der Waals surface area contributed by atoms with Gasteiger partial charge in [-0.05, 0) is 54.4 Å². The molecule has 0 amide bonds. The van der Waals surface area contributed by atoms with E-state index in [1.54, 1.807) is 0 Å². The van der Waals surface area contributed by atoms with E-state index < -0.39 is 17.6 Å². The first kappa shape index (κ1) is 33.8. The highest BCUT2D eigenvalue weighted by Gasteiger charge is 2.41. The lowest BCUT2D eigenvalue weighted by molar-refractivity contribution is 0.0705. The third-order valence-corrected chi connectivity index (χ3v) is 11.6. The van der Waals surface area contributed by atoms with E-state index in [4.69, 9.17) is 32.3 Å². The Kier molecular flexibility index (Phi) is 18.1. The van der Waals surface area contributed by atoms with Gasteiger partial charge in [0.1, 0.15) is 6.33 Å². The van der Waals surface area contributed by atoms with Crippen molar-refractivity contribution < 1.29 is 26.6 Å². The molecule has 14 heteroatoms. The van der Waals surface area contributed by atoms with Gasteiger partial charge in [-0.15, -0.1) is 0 Å². The van der Waals surface area contributed by atoms with Crippen LogP contribution in [0.3, 0.4) is 0 Å². The molecule has 0 unspecified atom stereocenters. The van der Waals surface area contributed by atoms with Crippen molar-refractivity contribution in [1.29, 1.82) is 0 Å². The van der Waals surface area contributed by atoms with Crippen molar-refractivity contribution in [3.05, 3.63) is 6.33 Å². The van der Waals surface area contributed by atoms with Crippen molar-refractivity contribution in [1.82, 2.24) is 15.0 Å². The Labute approximate surface area is 225 Å². The second-order valence-corrected chi connectivity index (χ2v) is 13.4. The van der Waals surface area contributed by atoms with Crippen LogP contribution in [0.5, 0.6) is 0 Å². The first-order valence-corrected chi connectivity index (χ1v) is 17.5. The van der Waals surface area contributed by atoms with E-state index in [1.165, 1.54) is 6.33 Å². The van der Waals surface area contributed by atoms with Gasteiger partial charge in [0.25, 0.3) is 0 Å². The fraction of sp³-hybridized carbons (Fsp3) is 0.870. The summed E-state index contributed by atoms with van der Waals surface area (Å²) in [5, 5.41) is 3.13. The second-order valence-electron chi connectivity index (χ2n) is 7.98. The van der Waals surface area contributed by atoms with Crippen LogP contribution in [0.1, 0.15) is 54.4 Å². The normalized spacial score (nSPS) is 12.2. The van der Waals surface area contributed by atoms with E-state index in [2.05, 4.69) is 25.2 Å². The molecule has 0 radical (unpaired) electrons. The Morgan fingerprint density at radius 3 is 1.54 bits per heavy atom. The first-order chi connectivity index (χ1) is 18.0. The standard InChI is InChI=1S/C23H50N6O6Si2/c1-7-30-36(31-8-2,32-9-3)19-13-17-29(23-27-21-26-22(28-23)25-16-15-24)18-14-20-37(33-10-4,34-11-5)35-12-6/h21H,7-20,24H2,1-6H3,(H,25,26,27,28). The van der Waals surface area contributed by atoms with Crippen molar-refractivity contribution in [2.24, 2.45) is 5.73 Å². The molecule has 1 aromatic heterocycles. The van der Waals surface area contributed by atoms with Crippen molar-refractivity contribution >= 4 is 29.5 Å². The zero-order valence-corrected chi connectivity index (χ0v) is 25.8. The summed E-state index contributed by atoms with van der Waals surface area (Å²) >= 11 is 0. The van der Waals surface area contributed by atoms with Gasteiger partial charge in [0.15, 0.2) is 0 Å². The fourth-order valence-electron chi connectivity index (χ4n) is 4.00. The third kappa shape index (κ3) is 12.4. The van der Waals surface area contributed by atoms with Gasteiger partial charge in [0, 0.05) is 77.9 Å². The highest BCUT2D eigenvalue weighted by Crippen LogP contribution is 2.22. The summed E-state index contributed by atoms with van der Waals surface area (Å²) in [5.41, 5.74) is 5.63. The Morgan fingerprint density at radius 2 is 1.16 bits per heavy atom. The highest BCUT2D eigenvalue weighted by molar-refractivity contribution is 6.61. The Hall–Kier alpha value is -1.24. The Balaban J connectivity index is 3.03. The molecule has 0 atom stereocenters. The summed E-state index contributed by atoms with van der Waals surface area (Å²) in [7, 11) is -5.49. The summed E-state index contributed by atoms with van der Waals surface area (Å²) in [6.07, 6.45) is 3.12. The number of rotatable bonds is 24. The molecular weight excluding hydrogens is 512 g/mol. The molecule has 1 rings (SSSR count). The van der Waals surface area contributed by atoms with Crippen LogP contribution >= 0.6 is 0 Å². The van der Waals surface area contributed by atoms with Gasteiger partial charge >= 0.3 is 17.6 Å². The average Bonchev–Trinajstić information content (AvgIpc) is 2.88. The number of hydrogen-bond donors (Lipinski definition) is 2. The Bertz CT molecular complexity index is 645. The molecule has 0 aliphatic rings. The topological polar surface area (TPSA) is 135 Å². The molecule has 0 spiro atoms. The van der Waals surface area contributed by atoms with Gasteiger partial charge in [-0.1, -0.05) is 0 Å². The van der Waals surface area contributed by atoms with Crippen LogP contribution in [0.2, 0.25) is 12.1 Å². The fourth-order valence-corrected chi connectivity index (χ4v) is 9.18. The van der Waals surface area contributed by atoms with Crippen molar-refractivity contribution in [2.45, 2.75) is 66.5 Å². The van der Waals surface area contributed by atoms with E-state index in [-0.39, 0.29) is 0 Å². The molecule has 0 fully saturated rings. The lowest BCUT2D eigenvalue weighted by atomic mass is 10.3. The first-order valence-electron chi connectivity index (χ1n) is 13.7. The van der Waals surface area contributed by atoms with Gasteiger partial charge in [0.2, 0.25) is 11.9 Å². The molecule has 216 valence electrons. The number of aromatic nitrogens is 3. The number of nitrogens with two attached hydrogens (primary N) is 1. The van der Waals surface area contributed by atoms with Crippen LogP contribution in [0.15, 0.2) is 6.33 Å². The molecule has 0 aliphatic carbocycles. The third-order valence-electron chi connectivity index (χ3n) is 5.28. The molecule has 3 N–H and O–H groups in total. The van der Waals surface area contributed by atoms with E-state index in [0.29, 0.717) is 89.8 Å². The summed E-state index contributed by atoms with van der Waals surface area (Å²) in [6, 6.07) is 1.41. The lowest BCUT2D eigenvalue weighted by Gasteiger charge is -2.31. The van der Waals surface area contributed by atoms with Gasteiger partial charge < -0.3 is 42.5 Å². The molecule has 12 nitrogen and oxygen atoms in total. The summed E-state index contributed by atoms with van der Waals surface area (Å²) in [4.78, 5) is 15.5. The number of nitrogens with zero attached hydrogens (tertiary/aromatic N) is 4. The molecule has 1 heterocycles. The molecule has 0 bridgehead atoms. The SMILES string of the molecule is CCO[Si](CCCN(CCC[Si](OCC)(OCC)OCC)c1ncnc(NCCN)n1)(OCC)OCC. The van der Waals surface area contributed by atoms with Gasteiger partial charge in [-0.2, -0.15) is 4.98 Å². The van der Waals surface area contributed by atoms with E-state index in [0.717, 1.165) is 12.8 Å². The van der Waals surface area contributed by atoms with Gasteiger partial charge in [-0.3, -0.25) is 0 Å². The molecule has 1 aromatic rings. The van der Waals surface area contributed by atoms with Crippen LogP contribution < -0.4 is 16.0 Å². The van der Waals surface area contributed by atoms with E-state index in [1.807, 2.05) is 41.5 Å². The highest BCUT2D eigenvalue weighted by atomic mass is 28.4. The molecule has 0 aromatic carbocycles. The maximum absolute atomic E-state index is 6.04. The van der Waals surface area contributed by atoms with Crippen LogP contribution in [-0.2, 0) is 26.6 Å². The quantitative estimate of drug-likeness (QED) is 0.179. The smallest absolute Gasteiger partial charge is 0.374 e. The van der Waals surface area contributed by atoms with Crippen molar-refractivity contribution in [2.75, 3.05) is 76.0 Å². The van der Waals surface area contributed by atoms with E-state index in [9.17, 15) is 0 Å². The monoisotopic (exact) mass is 562 g/mol. The van der Waals surface area contributed by atoms with E-state index >= 15 is 0 Å². The van der Waals surface area contributed by atoms with Crippen LogP contribution in [-0.4, -0.2) is 98.4 Å². The second kappa shape index (κ2) is 19.8. The summed E-state index contributed by atoms with van der Waals surface area (Å²) < 4.78 is 36.2. The predicted octanol–water partition coefficient (Wildman–Crippen LogP) is 2.93. The minimum absolute atomic E-state index is 0.489. The minimum atomic E-state index is -2.74. The number of hydrogen-bond acceptors (Lipinski definition) is 12. The number of nitrogens with one attached hydrogen (secondary N) is 1. The lowest BCUT2D eigenvalue weighted by Crippen LogP contribution is -2.47. The molecule has 0 saturated carbocycles. The zero-order valence-electron chi connectivity index (χ0n) is 23.8. The van der Waals surface area contributed by atoms with Crippen molar-refractivity contribution in [3.63, 3.8) is 0 Å². The average molecular weight is 563 g/mol. The molecule has 0 saturated heterocycles. The summed E-state index contributed by atoms with van der Waals surface area (Å²) in [6.45, 7) is 17.6. The maximum atomic E-state index is 6.04. The van der Waals surface area contributed by atoms with Gasteiger partial charge in [-0.25, -0.2) is 9.97 Å². The predicted molar refractivity (Wildman–Crippen MR) is 150 cm³/mol. The zero-order chi connectivity index (χ0) is 27.4. The summed E-state index contributed by atoms with van der Waals surface area (Å²) in [5.74, 6) is 1.10. The minimum Gasteiger partial charge on any atom is -0.374 e. The molecule has 0 aliphatic heterocycles. The number of anilines is 2. The largest absolute Gasteiger partial charge is 0.500 e. The van der Waals surface area contributed by atoms with Crippen LogP contribution in [0.4, 0.5) is 11.9 Å².